The first-order chi connectivity index (χ1) is 12.1. The second-order valence-corrected chi connectivity index (χ2v) is 7.65. The van der Waals surface area contributed by atoms with Crippen molar-refractivity contribution in [2.75, 3.05) is 18.4 Å². The van der Waals surface area contributed by atoms with Crippen LogP contribution in [-0.4, -0.2) is 36.2 Å². The van der Waals surface area contributed by atoms with Gasteiger partial charge in [0.1, 0.15) is 0 Å². The van der Waals surface area contributed by atoms with Gasteiger partial charge in [-0.15, -0.1) is 0 Å². The van der Waals surface area contributed by atoms with E-state index in [1.54, 1.807) is 4.90 Å². The van der Waals surface area contributed by atoms with Crippen LogP contribution in [0.25, 0.3) is 0 Å². The van der Waals surface area contributed by atoms with Crippen molar-refractivity contribution in [1.29, 1.82) is 0 Å². The molecule has 2 atom stereocenters. The summed E-state index contributed by atoms with van der Waals surface area (Å²) in [6.07, 6.45) is 7.30. The van der Waals surface area contributed by atoms with Gasteiger partial charge in [0.25, 0.3) is 0 Å². The molecule has 0 bridgehead atoms. The number of carbonyl (C=O) groups excluding carboxylic acids is 1. The molecule has 5 nitrogen and oxygen atoms in total. The first-order valence-electron chi connectivity index (χ1n) is 9.61. The average molecular weight is 345 g/mol. The molecule has 138 valence electrons. The minimum Gasteiger partial charge on any atom is -0.382 e. The number of urea groups is 1. The minimum absolute atomic E-state index is 0.311. The smallest absolute Gasteiger partial charge is 0.314 e. The van der Waals surface area contributed by atoms with Crippen LogP contribution in [-0.2, 0) is 11.3 Å². The zero-order valence-electron chi connectivity index (χ0n) is 15.2. The number of ether oxygens (including phenoxy) is 1. The summed E-state index contributed by atoms with van der Waals surface area (Å²) in [5.74, 6) is 0.790. The predicted octanol–water partition coefficient (Wildman–Crippen LogP) is 3.74. The molecule has 1 aromatic rings. The topological polar surface area (TPSA) is 67.6 Å². The van der Waals surface area contributed by atoms with Gasteiger partial charge in [-0.25, -0.2) is 4.79 Å². The van der Waals surface area contributed by atoms with Gasteiger partial charge >= 0.3 is 6.03 Å². The van der Waals surface area contributed by atoms with Crippen LogP contribution in [0.1, 0.15) is 51.0 Å². The molecule has 1 aromatic carbocycles. The number of nitrogens with one attached hydrogen (secondary N) is 1. The molecule has 0 unspecified atom stereocenters. The summed E-state index contributed by atoms with van der Waals surface area (Å²) < 4.78 is 6.14. The molecule has 5 heteroatoms. The molecule has 3 N–H and O–H groups in total. The summed E-state index contributed by atoms with van der Waals surface area (Å²) >= 11 is 0. The molecule has 1 aliphatic carbocycles. The van der Waals surface area contributed by atoms with E-state index in [0.29, 0.717) is 18.8 Å². The van der Waals surface area contributed by atoms with Crippen molar-refractivity contribution in [3.63, 3.8) is 0 Å². The first kappa shape index (κ1) is 18.1. The van der Waals surface area contributed by atoms with Crippen LogP contribution in [0.15, 0.2) is 24.3 Å². The fraction of sp³-hybridized carbons (Fsp3) is 0.650. The monoisotopic (exact) mass is 345 g/mol. The van der Waals surface area contributed by atoms with Crippen molar-refractivity contribution in [3.05, 3.63) is 29.8 Å². The number of likely N-dealkylation sites (tertiary alicyclic amines) is 1. The summed E-state index contributed by atoms with van der Waals surface area (Å²) in [4.78, 5) is 12.9. The van der Waals surface area contributed by atoms with Crippen LogP contribution in [0.5, 0.6) is 0 Å². The van der Waals surface area contributed by atoms with E-state index in [2.05, 4.69) is 36.5 Å². The summed E-state index contributed by atoms with van der Waals surface area (Å²) in [5, 5.41) is 3.59. The van der Waals surface area contributed by atoms with Gasteiger partial charge in [0, 0.05) is 24.8 Å². The van der Waals surface area contributed by atoms with Crippen LogP contribution in [0, 0.1) is 5.92 Å². The Morgan fingerprint density at radius 1 is 1.28 bits per heavy atom. The number of hydrogen-bond donors (Lipinski definition) is 2. The van der Waals surface area contributed by atoms with E-state index in [1.807, 2.05) is 0 Å². The van der Waals surface area contributed by atoms with Gasteiger partial charge in [0.15, 0.2) is 0 Å². The molecule has 0 aromatic heterocycles. The quantitative estimate of drug-likeness (QED) is 0.854. The summed E-state index contributed by atoms with van der Waals surface area (Å²) in [7, 11) is 0. The Bertz CT molecular complexity index is 570. The van der Waals surface area contributed by atoms with Crippen LogP contribution >= 0.6 is 0 Å². The number of nitrogens with zero attached hydrogens (tertiary/aromatic N) is 1. The number of amides is 2. The molecule has 0 spiro atoms. The molecule has 2 fully saturated rings. The first-order valence-corrected chi connectivity index (χ1v) is 9.61. The van der Waals surface area contributed by atoms with Crippen molar-refractivity contribution in [3.8, 4) is 0 Å². The third kappa shape index (κ3) is 5.36. The maximum absolute atomic E-state index is 11.2. The fourth-order valence-corrected chi connectivity index (χ4v) is 3.97. The second kappa shape index (κ2) is 8.56. The molecular weight excluding hydrogens is 314 g/mol. The van der Waals surface area contributed by atoms with Gasteiger partial charge in [0.05, 0.1) is 12.7 Å². The molecular formula is C20H31N3O2. The molecule has 1 saturated heterocycles. The van der Waals surface area contributed by atoms with E-state index in [1.165, 1.54) is 31.2 Å². The minimum atomic E-state index is -0.311. The highest BCUT2D eigenvalue weighted by Gasteiger charge is 2.21. The van der Waals surface area contributed by atoms with Crippen LogP contribution < -0.4 is 11.1 Å². The van der Waals surface area contributed by atoms with Gasteiger partial charge in [-0.05, 0) is 49.3 Å². The highest BCUT2D eigenvalue weighted by molar-refractivity contribution is 5.72. The molecule has 25 heavy (non-hydrogen) atoms. The standard InChI is InChI=1S/C20H31N3O2/c1-15-4-2-7-19(12-15)25-14-16-5-3-6-18(13-16)22-17-8-10-23(11-9-17)20(21)24/h3,5-6,13,15,17,19,22H,2,4,7-12,14H2,1H3,(H2,21,24)/t15-,19-/m1/s1. The highest BCUT2D eigenvalue weighted by Crippen LogP contribution is 2.26. The number of hydrogen-bond acceptors (Lipinski definition) is 3. The molecule has 1 saturated carbocycles. The summed E-state index contributed by atoms with van der Waals surface area (Å²) in [6.45, 7) is 4.47. The number of nitrogens with two attached hydrogens (primary N) is 1. The number of anilines is 1. The lowest BCUT2D eigenvalue weighted by Gasteiger charge is -2.31. The normalized spacial score (nSPS) is 24.9. The van der Waals surface area contributed by atoms with E-state index in [-0.39, 0.29) is 6.03 Å². The van der Waals surface area contributed by atoms with Crippen molar-refractivity contribution in [2.24, 2.45) is 11.7 Å². The number of rotatable bonds is 5. The molecule has 3 rings (SSSR count). The van der Waals surface area contributed by atoms with Gasteiger partial charge in [0.2, 0.25) is 0 Å². The van der Waals surface area contributed by atoms with Crippen LogP contribution in [0.2, 0.25) is 0 Å². The molecule has 2 aliphatic rings. The van der Waals surface area contributed by atoms with E-state index in [4.69, 9.17) is 10.5 Å². The zero-order valence-corrected chi connectivity index (χ0v) is 15.2. The van der Waals surface area contributed by atoms with Crippen LogP contribution in [0.3, 0.4) is 0 Å². The fourth-order valence-electron chi connectivity index (χ4n) is 3.97. The van der Waals surface area contributed by atoms with Crippen LogP contribution in [0.4, 0.5) is 10.5 Å². The Labute approximate surface area is 150 Å². The Morgan fingerprint density at radius 3 is 2.80 bits per heavy atom. The lowest BCUT2D eigenvalue weighted by atomic mass is 9.89. The number of benzene rings is 1. The second-order valence-electron chi connectivity index (χ2n) is 7.65. The van der Waals surface area contributed by atoms with E-state index < -0.39 is 0 Å². The van der Waals surface area contributed by atoms with Gasteiger partial charge in [-0.2, -0.15) is 0 Å². The molecule has 1 heterocycles. The molecule has 2 amide bonds. The highest BCUT2D eigenvalue weighted by atomic mass is 16.5. The summed E-state index contributed by atoms with van der Waals surface area (Å²) in [6, 6.07) is 8.59. The van der Waals surface area contributed by atoms with Crippen molar-refractivity contribution < 1.29 is 9.53 Å². The van der Waals surface area contributed by atoms with E-state index in [0.717, 1.165) is 37.5 Å². The van der Waals surface area contributed by atoms with Crippen molar-refractivity contribution in [2.45, 2.75) is 64.2 Å². The third-order valence-electron chi connectivity index (χ3n) is 5.48. The predicted molar refractivity (Wildman–Crippen MR) is 100 cm³/mol. The summed E-state index contributed by atoms with van der Waals surface area (Å²) in [5.41, 5.74) is 7.70. The average Bonchev–Trinajstić information content (AvgIpc) is 2.61. The Balaban J connectivity index is 1.47. The number of primary amides is 1. The van der Waals surface area contributed by atoms with E-state index >= 15 is 0 Å². The van der Waals surface area contributed by atoms with E-state index in [9.17, 15) is 4.79 Å². The lowest BCUT2D eigenvalue weighted by Crippen LogP contribution is -2.44. The molecule has 0 radical (unpaired) electrons. The Morgan fingerprint density at radius 2 is 2.08 bits per heavy atom. The van der Waals surface area contributed by atoms with Crippen molar-refractivity contribution in [1.82, 2.24) is 4.90 Å². The van der Waals surface area contributed by atoms with Gasteiger partial charge in [-0.3, -0.25) is 0 Å². The lowest BCUT2D eigenvalue weighted by molar-refractivity contribution is 0.00468. The Kier molecular flexibility index (Phi) is 6.19. The SMILES string of the molecule is C[C@@H]1CCC[C@@H](OCc2cccc(NC3CCN(C(N)=O)CC3)c2)C1. The molecule has 1 aliphatic heterocycles. The zero-order chi connectivity index (χ0) is 17.6. The van der Waals surface area contributed by atoms with Gasteiger partial charge < -0.3 is 20.7 Å². The third-order valence-corrected chi connectivity index (χ3v) is 5.48. The van der Waals surface area contributed by atoms with Gasteiger partial charge in [-0.1, -0.05) is 31.9 Å². The maximum atomic E-state index is 11.2. The number of piperidine rings is 1. The Hall–Kier alpha value is -1.75. The number of carbonyl (C=O) groups is 1. The maximum Gasteiger partial charge on any atom is 0.314 e. The van der Waals surface area contributed by atoms with Crippen molar-refractivity contribution >= 4 is 11.7 Å². The largest absolute Gasteiger partial charge is 0.382 e.